The molecule has 0 aromatic rings. The fraction of sp³-hybridized carbons (Fsp3) is 0.846. The van der Waals surface area contributed by atoms with E-state index in [4.69, 9.17) is 9.84 Å². The van der Waals surface area contributed by atoms with Gasteiger partial charge in [-0.3, -0.25) is 9.59 Å². The minimum Gasteiger partial charge on any atom is -0.481 e. The largest absolute Gasteiger partial charge is 0.481 e. The molecule has 18 heavy (non-hydrogen) atoms. The van der Waals surface area contributed by atoms with Crippen LogP contribution in [0, 0.1) is 5.92 Å². The maximum Gasteiger partial charge on any atom is 0.323 e. The molecule has 0 saturated carbocycles. The Morgan fingerprint density at radius 2 is 1.89 bits per heavy atom. The second kappa shape index (κ2) is 7.36. The first-order valence-corrected chi connectivity index (χ1v) is 6.36. The molecule has 0 aliphatic heterocycles. The molecule has 0 bridgehead atoms. The number of carbonyl (C=O) groups is 2. The number of hydrogen-bond donors (Lipinski definition) is 2. The molecule has 2 atom stereocenters. The highest BCUT2D eigenvalue weighted by Crippen LogP contribution is 2.09. The van der Waals surface area contributed by atoms with E-state index < -0.39 is 23.5 Å². The highest BCUT2D eigenvalue weighted by atomic mass is 16.6. The molecule has 106 valence electrons. The van der Waals surface area contributed by atoms with Gasteiger partial charge in [0.05, 0.1) is 5.92 Å². The smallest absolute Gasteiger partial charge is 0.323 e. The molecule has 1 unspecified atom stereocenters. The molecule has 0 amide bonds. The Labute approximate surface area is 109 Å². The van der Waals surface area contributed by atoms with Gasteiger partial charge in [-0.2, -0.15) is 0 Å². The van der Waals surface area contributed by atoms with Crippen molar-refractivity contribution in [2.24, 2.45) is 5.92 Å². The molecular weight excluding hydrogens is 234 g/mol. The molecule has 0 aliphatic rings. The third kappa shape index (κ3) is 7.27. The predicted octanol–water partition coefficient (Wildman–Crippen LogP) is 1.81. The van der Waals surface area contributed by atoms with E-state index in [-0.39, 0.29) is 12.5 Å². The van der Waals surface area contributed by atoms with Crippen LogP contribution in [0.15, 0.2) is 0 Å². The Morgan fingerprint density at radius 3 is 2.28 bits per heavy atom. The predicted molar refractivity (Wildman–Crippen MR) is 69.3 cm³/mol. The highest BCUT2D eigenvalue weighted by molar-refractivity contribution is 5.76. The molecule has 5 heteroatoms. The van der Waals surface area contributed by atoms with Crippen LogP contribution < -0.4 is 5.32 Å². The molecule has 0 fully saturated rings. The van der Waals surface area contributed by atoms with E-state index in [9.17, 15) is 9.59 Å². The van der Waals surface area contributed by atoms with Crippen molar-refractivity contribution in [2.75, 3.05) is 6.54 Å². The number of rotatable bonds is 7. The monoisotopic (exact) mass is 259 g/mol. The van der Waals surface area contributed by atoms with Crippen LogP contribution in [0.2, 0.25) is 0 Å². The van der Waals surface area contributed by atoms with Gasteiger partial charge < -0.3 is 15.2 Å². The number of carbonyl (C=O) groups excluding carboxylic acids is 1. The topological polar surface area (TPSA) is 75.6 Å². The van der Waals surface area contributed by atoms with Gasteiger partial charge in [0.15, 0.2) is 0 Å². The summed E-state index contributed by atoms with van der Waals surface area (Å²) < 4.78 is 5.20. The van der Waals surface area contributed by atoms with Crippen LogP contribution in [-0.4, -0.2) is 35.2 Å². The maximum atomic E-state index is 11.7. The van der Waals surface area contributed by atoms with Crippen molar-refractivity contribution in [3.05, 3.63) is 0 Å². The number of nitrogens with one attached hydrogen (secondary N) is 1. The van der Waals surface area contributed by atoms with Gasteiger partial charge in [-0.25, -0.2) is 0 Å². The molecule has 0 saturated heterocycles. The zero-order valence-electron chi connectivity index (χ0n) is 11.9. The first-order valence-electron chi connectivity index (χ1n) is 6.36. The maximum absolute atomic E-state index is 11.7. The Balaban J connectivity index is 4.19. The number of ether oxygens (including phenoxy) is 1. The van der Waals surface area contributed by atoms with E-state index >= 15 is 0 Å². The van der Waals surface area contributed by atoms with Crippen LogP contribution in [0.3, 0.4) is 0 Å². The lowest BCUT2D eigenvalue weighted by Crippen LogP contribution is -2.42. The second-order valence-corrected chi connectivity index (χ2v) is 5.49. The summed E-state index contributed by atoms with van der Waals surface area (Å²) in [5.74, 6) is -1.65. The average molecular weight is 259 g/mol. The summed E-state index contributed by atoms with van der Waals surface area (Å²) in [4.78, 5) is 22.6. The van der Waals surface area contributed by atoms with E-state index in [1.165, 1.54) is 0 Å². The van der Waals surface area contributed by atoms with E-state index in [1.807, 2.05) is 6.92 Å². The summed E-state index contributed by atoms with van der Waals surface area (Å²) >= 11 is 0. The van der Waals surface area contributed by atoms with Crippen LogP contribution in [0.25, 0.3) is 0 Å². The van der Waals surface area contributed by atoms with Crippen molar-refractivity contribution in [3.8, 4) is 0 Å². The lowest BCUT2D eigenvalue weighted by Gasteiger charge is -2.23. The van der Waals surface area contributed by atoms with E-state index in [0.717, 1.165) is 6.42 Å². The first-order chi connectivity index (χ1) is 8.17. The first kappa shape index (κ1) is 16.9. The lowest BCUT2D eigenvalue weighted by molar-refractivity contribution is -0.157. The van der Waals surface area contributed by atoms with Gasteiger partial charge >= 0.3 is 11.9 Å². The molecule has 0 rings (SSSR count). The summed E-state index contributed by atoms with van der Waals surface area (Å²) in [6, 6.07) is -0.497. The van der Waals surface area contributed by atoms with Crippen molar-refractivity contribution in [3.63, 3.8) is 0 Å². The normalized spacial score (nSPS) is 14.9. The van der Waals surface area contributed by atoms with Gasteiger partial charge in [0.25, 0.3) is 0 Å². The van der Waals surface area contributed by atoms with Gasteiger partial charge in [-0.15, -0.1) is 0 Å². The summed E-state index contributed by atoms with van der Waals surface area (Å²) in [6.45, 7) is 9.30. The van der Waals surface area contributed by atoms with Crippen molar-refractivity contribution >= 4 is 11.9 Å². The zero-order valence-corrected chi connectivity index (χ0v) is 11.9. The van der Waals surface area contributed by atoms with Gasteiger partial charge in [-0.1, -0.05) is 13.3 Å². The quantitative estimate of drug-likeness (QED) is 0.682. The van der Waals surface area contributed by atoms with Crippen LogP contribution in [0.5, 0.6) is 0 Å². The molecule has 0 aromatic carbocycles. The van der Waals surface area contributed by atoms with Crippen LogP contribution in [0.1, 0.15) is 47.5 Å². The van der Waals surface area contributed by atoms with Gasteiger partial charge in [0.1, 0.15) is 11.6 Å². The van der Waals surface area contributed by atoms with Crippen molar-refractivity contribution in [1.82, 2.24) is 5.32 Å². The average Bonchev–Trinajstić information content (AvgIpc) is 2.20. The molecule has 5 nitrogen and oxygen atoms in total. The Kier molecular flexibility index (Phi) is 6.91. The minimum atomic E-state index is -0.833. The van der Waals surface area contributed by atoms with Crippen molar-refractivity contribution in [2.45, 2.75) is 59.1 Å². The van der Waals surface area contributed by atoms with Gasteiger partial charge in [-0.05, 0) is 34.1 Å². The SMILES string of the molecule is CCC[C@H](CNC(C)C(=O)OC(C)(C)C)C(=O)O. The summed E-state index contributed by atoms with van der Waals surface area (Å²) in [6.07, 6.45) is 1.41. The number of carboxylic acid groups (broad SMARTS) is 1. The third-order valence-electron chi connectivity index (χ3n) is 2.42. The minimum absolute atomic E-state index is 0.281. The standard InChI is InChI=1S/C13H25NO4/c1-6-7-10(11(15)16)8-14-9(2)12(17)18-13(3,4)5/h9-10,14H,6-8H2,1-5H3,(H,15,16)/t9?,10-/m1/s1. The molecule has 0 aliphatic carbocycles. The van der Waals surface area contributed by atoms with Gasteiger partial charge in [0.2, 0.25) is 0 Å². The van der Waals surface area contributed by atoms with Gasteiger partial charge in [0, 0.05) is 6.54 Å². The molecule has 0 spiro atoms. The van der Waals surface area contributed by atoms with Crippen molar-refractivity contribution < 1.29 is 19.4 Å². The molecule has 2 N–H and O–H groups in total. The Morgan fingerprint density at radius 1 is 1.33 bits per heavy atom. The summed E-state index contributed by atoms with van der Waals surface area (Å²) in [5.41, 5.74) is -0.525. The summed E-state index contributed by atoms with van der Waals surface area (Å²) in [5, 5.41) is 11.9. The van der Waals surface area contributed by atoms with E-state index in [1.54, 1.807) is 27.7 Å². The number of esters is 1. The van der Waals surface area contributed by atoms with Crippen LogP contribution >= 0.6 is 0 Å². The zero-order chi connectivity index (χ0) is 14.3. The number of aliphatic carboxylic acids is 1. The summed E-state index contributed by atoms with van der Waals surface area (Å²) in [7, 11) is 0. The van der Waals surface area contributed by atoms with E-state index in [2.05, 4.69) is 5.32 Å². The number of hydrogen-bond acceptors (Lipinski definition) is 4. The van der Waals surface area contributed by atoms with E-state index in [0.29, 0.717) is 6.42 Å². The van der Waals surface area contributed by atoms with Crippen LogP contribution in [-0.2, 0) is 14.3 Å². The number of carboxylic acids is 1. The second-order valence-electron chi connectivity index (χ2n) is 5.49. The Bertz CT molecular complexity index is 283. The Hall–Kier alpha value is -1.10. The third-order valence-corrected chi connectivity index (χ3v) is 2.42. The molecule has 0 radical (unpaired) electrons. The fourth-order valence-electron chi connectivity index (χ4n) is 1.45. The van der Waals surface area contributed by atoms with Crippen molar-refractivity contribution in [1.29, 1.82) is 0 Å². The fourth-order valence-corrected chi connectivity index (χ4v) is 1.45. The molecule has 0 aromatic heterocycles. The van der Waals surface area contributed by atoms with Crippen LogP contribution in [0.4, 0.5) is 0 Å². The molecule has 0 heterocycles. The lowest BCUT2D eigenvalue weighted by atomic mass is 10.0. The highest BCUT2D eigenvalue weighted by Gasteiger charge is 2.23. The molecular formula is C13H25NO4.